The second kappa shape index (κ2) is 5.66. The van der Waals surface area contributed by atoms with Crippen molar-refractivity contribution in [2.75, 3.05) is 5.43 Å². The van der Waals surface area contributed by atoms with Crippen LogP contribution in [-0.2, 0) is 6.54 Å². The molecule has 0 aliphatic heterocycles. The second-order valence-electron chi connectivity index (χ2n) is 4.89. The standard InChI is InChI=1S/C16H16N4O/c1-12-2-6-14(7-3-12)16-19-17-11-20(16)18-10-13-4-8-15(21)9-5-13/h2-9,11,18,21H,10H2,1H3. The van der Waals surface area contributed by atoms with Crippen LogP contribution in [0.3, 0.4) is 0 Å². The Morgan fingerprint density at radius 2 is 1.76 bits per heavy atom. The van der Waals surface area contributed by atoms with E-state index in [1.165, 1.54) is 5.56 Å². The minimum Gasteiger partial charge on any atom is -0.508 e. The number of phenols is 1. The van der Waals surface area contributed by atoms with Crippen molar-refractivity contribution < 1.29 is 5.11 Å². The largest absolute Gasteiger partial charge is 0.508 e. The molecular weight excluding hydrogens is 264 g/mol. The van der Waals surface area contributed by atoms with Gasteiger partial charge in [0.15, 0.2) is 5.82 Å². The van der Waals surface area contributed by atoms with E-state index in [9.17, 15) is 5.11 Å². The molecule has 21 heavy (non-hydrogen) atoms. The second-order valence-corrected chi connectivity index (χ2v) is 4.89. The number of benzene rings is 2. The topological polar surface area (TPSA) is 63.0 Å². The van der Waals surface area contributed by atoms with Gasteiger partial charge in [-0.3, -0.25) is 0 Å². The first-order valence-electron chi connectivity index (χ1n) is 6.71. The Morgan fingerprint density at radius 1 is 1.05 bits per heavy atom. The molecule has 0 bridgehead atoms. The van der Waals surface area contributed by atoms with Gasteiger partial charge in [-0.25, -0.2) is 4.68 Å². The average Bonchev–Trinajstić information content (AvgIpc) is 2.96. The molecule has 3 rings (SSSR count). The van der Waals surface area contributed by atoms with Crippen molar-refractivity contribution in [3.05, 3.63) is 66.0 Å². The Labute approximate surface area is 122 Å². The summed E-state index contributed by atoms with van der Waals surface area (Å²) in [4.78, 5) is 0. The number of aromatic nitrogens is 3. The zero-order valence-electron chi connectivity index (χ0n) is 11.7. The molecule has 0 aliphatic carbocycles. The lowest BCUT2D eigenvalue weighted by Gasteiger charge is -2.10. The van der Waals surface area contributed by atoms with Gasteiger partial charge in [-0.2, -0.15) is 0 Å². The predicted octanol–water partition coefficient (Wildman–Crippen LogP) is 2.70. The van der Waals surface area contributed by atoms with Crippen LogP contribution in [0.25, 0.3) is 11.4 Å². The number of phenolic OH excluding ortho intramolecular Hbond substituents is 1. The molecule has 5 nitrogen and oxygen atoms in total. The van der Waals surface area contributed by atoms with Gasteiger partial charge in [0.05, 0.1) is 6.54 Å². The molecule has 1 heterocycles. The third-order valence-corrected chi connectivity index (χ3v) is 3.25. The van der Waals surface area contributed by atoms with Gasteiger partial charge >= 0.3 is 0 Å². The Balaban J connectivity index is 1.76. The van der Waals surface area contributed by atoms with E-state index in [0.29, 0.717) is 6.54 Å². The maximum atomic E-state index is 9.28. The maximum absolute atomic E-state index is 9.28. The first kappa shape index (κ1) is 13.2. The maximum Gasteiger partial charge on any atom is 0.182 e. The Bertz CT molecular complexity index is 717. The molecule has 0 spiro atoms. The summed E-state index contributed by atoms with van der Waals surface area (Å²) >= 11 is 0. The summed E-state index contributed by atoms with van der Waals surface area (Å²) in [6.07, 6.45) is 1.65. The number of rotatable bonds is 4. The monoisotopic (exact) mass is 280 g/mol. The lowest BCUT2D eigenvalue weighted by molar-refractivity contribution is 0.475. The molecule has 0 radical (unpaired) electrons. The zero-order chi connectivity index (χ0) is 14.7. The van der Waals surface area contributed by atoms with Crippen LogP contribution < -0.4 is 5.43 Å². The number of nitrogens with one attached hydrogen (secondary N) is 1. The van der Waals surface area contributed by atoms with Crippen LogP contribution in [0, 0.1) is 6.92 Å². The van der Waals surface area contributed by atoms with E-state index < -0.39 is 0 Å². The highest BCUT2D eigenvalue weighted by Crippen LogP contribution is 2.16. The molecule has 1 aromatic heterocycles. The van der Waals surface area contributed by atoms with Crippen LogP contribution >= 0.6 is 0 Å². The van der Waals surface area contributed by atoms with Gasteiger partial charge in [-0.05, 0) is 24.6 Å². The molecule has 2 aromatic carbocycles. The molecule has 106 valence electrons. The Hall–Kier alpha value is -2.82. The van der Waals surface area contributed by atoms with Crippen LogP contribution in [0.5, 0.6) is 5.75 Å². The molecule has 3 aromatic rings. The van der Waals surface area contributed by atoms with Crippen molar-refractivity contribution in [1.82, 2.24) is 14.9 Å². The summed E-state index contributed by atoms with van der Waals surface area (Å²) in [7, 11) is 0. The van der Waals surface area contributed by atoms with Crippen molar-refractivity contribution in [1.29, 1.82) is 0 Å². The van der Waals surface area contributed by atoms with Crippen LogP contribution in [0.15, 0.2) is 54.9 Å². The van der Waals surface area contributed by atoms with Gasteiger partial charge in [0.1, 0.15) is 12.1 Å². The summed E-state index contributed by atoms with van der Waals surface area (Å²) < 4.78 is 1.80. The number of hydrogen-bond acceptors (Lipinski definition) is 4. The molecule has 0 aliphatic rings. The fourth-order valence-electron chi connectivity index (χ4n) is 2.04. The van der Waals surface area contributed by atoms with Crippen molar-refractivity contribution in [2.24, 2.45) is 0 Å². The van der Waals surface area contributed by atoms with Gasteiger partial charge in [-0.15, -0.1) is 10.2 Å². The van der Waals surface area contributed by atoms with Crippen molar-refractivity contribution in [3.63, 3.8) is 0 Å². The van der Waals surface area contributed by atoms with Crippen LogP contribution in [0.2, 0.25) is 0 Å². The molecule has 0 saturated heterocycles. The van der Waals surface area contributed by atoms with Gasteiger partial charge in [0, 0.05) is 5.56 Å². The average molecular weight is 280 g/mol. The fourth-order valence-corrected chi connectivity index (χ4v) is 2.04. The molecule has 5 heteroatoms. The summed E-state index contributed by atoms with van der Waals surface area (Å²) in [5.41, 5.74) is 6.54. The number of hydrogen-bond donors (Lipinski definition) is 2. The molecule has 0 saturated carbocycles. The molecule has 0 fully saturated rings. The minimum absolute atomic E-state index is 0.267. The van der Waals surface area contributed by atoms with Crippen LogP contribution in [-0.4, -0.2) is 20.0 Å². The van der Waals surface area contributed by atoms with E-state index in [2.05, 4.69) is 22.5 Å². The lowest BCUT2D eigenvalue weighted by Crippen LogP contribution is -2.14. The van der Waals surface area contributed by atoms with Gasteiger partial charge < -0.3 is 10.5 Å². The predicted molar refractivity (Wildman–Crippen MR) is 81.4 cm³/mol. The van der Waals surface area contributed by atoms with E-state index in [1.54, 1.807) is 23.1 Å². The van der Waals surface area contributed by atoms with E-state index in [0.717, 1.165) is 17.0 Å². The summed E-state index contributed by atoms with van der Waals surface area (Å²) in [6, 6.07) is 15.2. The van der Waals surface area contributed by atoms with Gasteiger partial charge in [0.2, 0.25) is 0 Å². The third-order valence-electron chi connectivity index (χ3n) is 3.25. The van der Waals surface area contributed by atoms with E-state index in [1.807, 2.05) is 36.4 Å². The molecule has 0 amide bonds. The minimum atomic E-state index is 0.267. The lowest BCUT2D eigenvalue weighted by atomic mass is 10.1. The van der Waals surface area contributed by atoms with Crippen molar-refractivity contribution >= 4 is 0 Å². The number of aromatic hydroxyl groups is 1. The summed E-state index contributed by atoms with van der Waals surface area (Å²) in [5, 5.41) is 17.4. The van der Waals surface area contributed by atoms with Gasteiger partial charge in [-0.1, -0.05) is 42.0 Å². The summed E-state index contributed by atoms with van der Waals surface area (Å²) in [5.74, 6) is 1.04. The fraction of sp³-hybridized carbons (Fsp3) is 0.125. The number of nitrogens with zero attached hydrogens (tertiary/aromatic N) is 3. The van der Waals surface area contributed by atoms with E-state index in [4.69, 9.17) is 0 Å². The van der Waals surface area contributed by atoms with Crippen molar-refractivity contribution in [2.45, 2.75) is 13.5 Å². The highest BCUT2D eigenvalue weighted by atomic mass is 16.3. The number of aryl methyl sites for hydroxylation is 1. The zero-order valence-corrected chi connectivity index (χ0v) is 11.7. The summed E-state index contributed by atoms with van der Waals surface area (Å²) in [6.45, 7) is 2.68. The van der Waals surface area contributed by atoms with Gasteiger partial charge in [0.25, 0.3) is 0 Å². The van der Waals surface area contributed by atoms with Crippen LogP contribution in [0.4, 0.5) is 0 Å². The van der Waals surface area contributed by atoms with E-state index in [-0.39, 0.29) is 5.75 Å². The van der Waals surface area contributed by atoms with Crippen molar-refractivity contribution in [3.8, 4) is 17.1 Å². The first-order chi connectivity index (χ1) is 10.2. The SMILES string of the molecule is Cc1ccc(-c2nncn2NCc2ccc(O)cc2)cc1. The molecule has 2 N–H and O–H groups in total. The molecule has 0 unspecified atom stereocenters. The van der Waals surface area contributed by atoms with E-state index >= 15 is 0 Å². The highest BCUT2D eigenvalue weighted by Gasteiger charge is 2.06. The molecule has 0 atom stereocenters. The van der Waals surface area contributed by atoms with Crippen LogP contribution in [0.1, 0.15) is 11.1 Å². The Kier molecular flexibility index (Phi) is 3.55. The Morgan fingerprint density at radius 3 is 2.48 bits per heavy atom. The molecular formula is C16H16N4O. The quantitative estimate of drug-likeness (QED) is 0.771. The first-order valence-corrected chi connectivity index (χ1v) is 6.71. The third kappa shape index (κ3) is 3.02. The normalized spacial score (nSPS) is 10.5. The highest BCUT2D eigenvalue weighted by molar-refractivity contribution is 5.55. The smallest absolute Gasteiger partial charge is 0.182 e.